The lowest BCUT2D eigenvalue weighted by Gasteiger charge is -2.06. The smallest absolute Gasteiger partial charge is 0.343 e. The van der Waals surface area contributed by atoms with E-state index in [4.69, 9.17) is 16.3 Å². The highest BCUT2D eigenvalue weighted by molar-refractivity contribution is 6.30. The molecule has 4 heteroatoms. The van der Waals surface area contributed by atoms with Crippen molar-refractivity contribution in [1.29, 1.82) is 0 Å². The minimum atomic E-state index is -0.513. The van der Waals surface area contributed by atoms with Gasteiger partial charge in [-0.25, -0.2) is 4.79 Å². The van der Waals surface area contributed by atoms with Gasteiger partial charge in [0, 0.05) is 5.02 Å². The average molecular weight is 261 g/mol. The van der Waals surface area contributed by atoms with E-state index in [-0.39, 0.29) is 11.3 Å². The van der Waals surface area contributed by atoms with Gasteiger partial charge >= 0.3 is 5.97 Å². The molecule has 0 fully saturated rings. The predicted octanol–water partition coefficient (Wildman–Crippen LogP) is 3.37. The molecule has 2 aromatic rings. The van der Waals surface area contributed by atoms with Crippen LogP contribution in [0.5, 0.6) is 5.75 Å². The average Bonchev–Trinajstić information content (AvgIpc) is 2.41. The first-order valence-corrected chi connectivity index (χ1v) is 5.60. The Kier molecular flexibility index (Phi) is 3.75. The third-order valence-electron chi connectivity index (χ3n) is 2.31. The second-order valence-electron chi connectivity index (χ2n) is 3.56. The lowest BCUT2D eigenvalue weighted by atomic mass is 10.2. The number of benzene rings is 2. The molecule has 3 nitrogen and oxygen atoms in total. The molecule has 2 aromatic carbocycles. The zero-order chi connectivity index (χ0) is 13.0. The molecule has 0 unspecified atom stereocenters. The third kappa shape index (κ3) is 2.76. The fraction of sp³-hybridized carbons (Fsp3) is 0. The molecule has 0 atom stereocenters. The summed E-state index contributed by atoms with van der Waals surface area (Å²) in [5.41, 5.74) is 0.663. The van der Waals surface area contributed by atoms with Gasteiger partial charge in [0.1, 0.15) is 5.75 Å². The van der Waals surface area contributed by atoms with Crippen molar-refractivity contribution in [3.05, 3.63) is 64.7 Å². The largest absolute Gasteiger partial charge is 0.422 e. The van der Waals surface area contributed by atoms with E-state index in [9.17, 15) is 9.59 Å². The molecule has 0 aromatic heterocycles. The highest BCUT2D eigenvalue weighted by Gasteiger charge is 2.11. The summed E-state index contributed by atoms with van der Waals surface area (Å²) in [6.45, 7) is 0. The fourth-order valence-electron chi connectivity index (χ4n) is 1.44. The van der Waals surface area contributed by atoms with Gasteiger partial charge in [0.2, 0.25) is 0 Å². The molecule has 0 spiro atoms. The van der Waals surface area contributed by atoms with E-state index in [1.54, 1.807) is 36.4 Å². The molecule has 0 saturated heterocycles. The summed E-state index contributed by atoms with van der Waals surface area (Å²) in [6, 6.07) is 13.0. The number of aldehydes is 1. The summed E-state index contributed by atoms with van der Waals surface area (Å²) < 4.78 is 5.15. The normalized spacial score (nSPS) is 9.83. The van der Waals surface area contributed by atoms with Crippen LogP contribution in [0.1, 0.15) is 20.7 Å². The van der Waals surface area contributed by atoms with Crippen LogP contribution >= 0.6 is 11.6 Å². The summed E-state index contributed by atoms with van der Waals surface area (Å²) in [4.78, 5) is 22.6. The van der Waals surface area contributed by atoms with Crippen molar-refractivity contribution in [3.8, 4) is 5.75 Å². The number of ether oxygens (including phenoxy) is 1. The fourth-order valence-corrected chi connectivity index (χ4v) is 1.62. The highest BCUT2D eigenvalue weighted by atomic mass is 35.5. The molecule has 0 heterocycles. The van der Waals surface area contributed by atoms with Crippen molar-refractivity contribution in [2.45, 2.75) is 0 Å². The van der Waals surface area contributed by atoms with E-state index in [1.807, 2.05) is 0 Å². The van der Waals surface area contributed by atoms with Gasteiger partial charge in [0.15, 0.2) is 6.29 Å². The van der Waals surface area contributed by atoms with Crippen LogP contribution in [0, 0.1) is 0 Å². The Bertz CT molecular complexity index is 579. The van der Waals surface area contributed by atoms with Crippen LogP contribution in [0.15, 0.2) is 48.5 Å². The second kappa shape index (κ2) is 5.47. The quantitative estimate of drug-likeness (QED) is 0.483. The first-order valence-electron chi connectivity index (χ1n) is 5.22. The zero-order valence-corrected chi connectivity index (χ0v) is 10.1. The summed E-state index contributed by atoms with van der Waals surface area (Å²) in [6.07, 6.45) is 0.597. The topological polar surface area (TPSA) is 43.4 Å². The number of rotatable bonds is 3. The number of carbonyl (C=O) groups is 2. The van der Waals surface area contributed by atoms with Gasteiger partial charge < -0.3 is 4.74 Å². The van der Waals surface area contributed by atoms with Crippen molar-refractivity contribution in [1.82, 2.24) is 0 Å². The van der Waals surface area contributed by atoms with Crippen molar-refractivity contribution >= 4 is 23.9 Å². The summed E-state index contributed by atoms with van der Waals surface area (Å²) in [5, 5.41) is 0.414. The maximum absolute atomic E-state index is 11.8. The number of hydrogen-bond donors (Lipinski definition) is 0. The van der Waals surface area contributed by atoms with Crippen LogP contribution in [0.3, 0.4) is 0 Å². The molecule has 0 N–H and O–H groups in total. The molecule has 0 aliphatic rings. The van der Waals surface area contributed by atoms with Gasteiger partial charge in [-0.1, -0.05) is 29.8 Å². The summed E-state index contributed by atoms with van der Waals surface area (Å²) >= 11 is 5.75. The highest BCUT2D eigenvalue weighted by Crippen LogP contribution is 2.22. The van der Waals surface area contributed by atoms with Gasteiger partial charge in [-0.05, 0) is 30.3 Å². The van der Waals surface area contributed by atoms with Gasteiger partial charge in [-0.15, -0.1) is 0 Å². The van der Waals surface area contributed by atoms with Gasteiger partial charge in [-0.2, -0.15) is 0 Å². The number of halogens is 1. The molecular weight excluding hydrogens is 252 g/mol. The van der Waals surface area contributed by atoms with Crippen LogP contribution in [0.4, 0.5) is 0 Å². The molecule has 0 aliphatic carbocycles. The minimum Gasteiger partial charge on any atom is -0.422 e. The van der Waals surface area contributed by atoms with E-state index in [1.165, 1.54) is 12.1 Å². The first-order chi connectivity index (χ1) is 8.70. The predicted molar refractivity (Wildman–Crippen MR) is 68.2 cm³/mol. The van der Waals surface area contributed by atoms with Crippen molar-refractivity contribution in [2.75, 3.05) is 0 Å². The van der Waals surface area contributed by atoms with Crippen LogP contribution < -0.4 is 4.74 Å². The van der Waals surface area contributed by atoms with E-state index in [2.05, 4.69) is 0 Å². The van der Waals surface area contributed by atoms with Gasteiger partial charge in [0.05, 0.1) is 11.1 Å². The lowest BCUT2D eigenvalue weighted by Crippen LogP contribution is -2.09. The van der Waals surface area contributed by atoms with Crippen LogP contribution in [-0.4, -0.2) is 12.3 Å². The van der Waals surface area contributed by atoms with Crippen molar-refractivity contribution in [2.24, 2.45) is 0 Å². The Morgan fingerprint density at radius 3 is 2.50 bits per heavy atom. The maximum Gasteiger partial charge on any atom is 0.343 e. The molecule has 90 valence electrons. The lowest BCUT2D eigenvalue weighted by molar-refractivity contribution is 0.0733. The Morgan fingerprint density at radius 2 is 1.83 bits per heavy atom. The van der Waals surface area contributed by atoms with E-state index < -0.39 is 5.97 Å². The van der Waals surface area contributed by atoms with Gasteiger partial charge in [-0.3, -0.25) is 4.79 Å². The summed E-state index contributed by atoms with van der Waals surface area (Å²) in [7, 11) is 0. The van der Waals surface area contributed by atoms with Crippen molar-refractivity contribution < 1.29 is 14.3 Å². The molecule has 0 saturated carbocycles. The Morgan fingerprint density at radius 1 is 1.11 bits per heavy atom. The molecular formula is C14H9ClO3. The van der Waals surface area contributed by atoms with E-state index in [0.717, 1.165) is 0 Å². The molecule has 0 radical (unpaired) electrons. The molecule has 0 bridgehead atoms. The SMILES string of the molecule is O=Cc1cc(Cl)ccc1OC(=O)c1ccccc1. The second-order valence-corrected chi connectivity index (χ2v) is 3.99. The number of carbonyl (C=O) groups excluding carboxylic acids is 2. The van der Waals surface area contributed by atoms with Crippen LogP contribution in [0.2, 0.25) is 5.02 Å². The maximum atomic E-state index is 11.8. The van der Waals surface area contributed by atoms with Crippen LogP contribution in [-0.2, 0) is 0 Å². The number of esters is 1. The third-order valence-corrected chi connectivity index (χ3v) is 2.55. The van der Waals surface area contributed by atoms with E-state index in [0.29, 0.717) is 16.9 Å². The van der Waals surface area contributed by atoms with Crippen LogP contribution in [0.25, 0.3) is 0 Å². The molecule has 0 amide bonds. The Balaban J connectivity index is 2.25. The van der Waals surface area contributed by atoms with Crippen molar-refractivity contribution in [3.63, 3.8) is 0 Å². The minimum absolute atomic E-state index is 0.197. The Labute approximate surface area is 109 Å². The zero-order valence-electron chi connectivity index (χ0n) is 9.30. The van der Waals surface area contributed by atoms with E-state index >= 15 is 0 Å². The monoisotopic (exact) mass is 260 g/mol. The molecule has 0 aliphatic heterocycles. The Hall–Kier alpha value is -2.13. The molecule has 18 heavy (non-hydrogen) atoms. The van der Waals surface area contributed by atoms with Gasteiger partial charge in [0.25, 0.3) is 0 Å². The summed E-state index contributed by atoms with van der Waals surface area (Å²) in [5.74, 6) is -0.315. The number of hydrogen-bond acceptors (Lipinski definition) is 3. The first kappa shape index (κ1) is 12.3. The molecule has 2 rings (SSSR count). The standard InChI is InChI=1S/C14H9ClO3/c15-12-6-7-13(11(8-12)9-16)18-14(17)10-4-2-1-3-5-10/h1-9H.